The van der Waals surface area contributed by atoms with E-state index in [1.54, 1.807) is 12.1 Å². The van der Waals surface area contributed by atoms with E-state index < -0.39 is 11.9 Å². The number of para-hydroxylation sites is 1. The maximum absolute atomic E-state index is 13.1. The van der Waals surface area contributed by atoms with E-state index >= 15 is 0 Å². The lowest BCUT2D eigenvalue weighted by Gasteiger charge is -2.38. The second-order valence-corrected chi connectivity index (χ2v) is 11.2. The van der Waals surface area contributed by atoms with Crippen LogP contribution in [0.2, 0.25) is 0 Å². The Labute approximate surface area is 244 Å². The third-order valence-electron chi connectivity index (χ3n) is 6.88. The molecule has 4 aromatic rings. The first kappa shape index (κ1) is 30.3. The summed E-state index contributed by atoms with van der Waals surface area (Å²) >= 11 is 0. The van der Waals surface area contributed by atoms with Crippen LogP contribution in [0, 0.1) is 6.92 Å². The summed E-state index contributed by atoms with van der Waals surface area (Å²) in [6, 6.07) is 16.7. The lowest BCUT2D eigenvalue weighted by atomic mass is 9.98. The Balaban J connectivity index is 0.00000387. The summed E-state index contributed by atoms with van der Waals surface area (Å²) in [5.74, 6) is 0.606. The van der Waals surface area contributed by atoms with E-state index in [0.717, 1.165) is 66.2 Å². The van der Waals surface area contributed by atoms with Crippen molar-refractivity contribution in [3.8, 4) is 0 Å². The first-order valence-electron chi connectivity index (χ1n) is 13.4. The molecule has 41 heavy (non-hydrogen) atoms. The molecule has 1 fully saturated rings. The van der Waals surface area contributed by atoms with E-state index in [1.807, 2.05) is 30.3 Å². The number of pyridine rings is 1. The molecule has 7 nitrogen and oxygen atoms in total. The number of aromatic nitrogens is 3. The van der Waals surface area contributed by atoms with Crippen LogP contribution in [0.5, 0.6) is 0 Å². The highest BCUT2D eigenvalue weighted by Crippen LogP contribution is 2.37. The Morgan fingerprint density at radius 2 is 1.56 bits per heavy atom. The molecule has 0 spiro atoms. The highest BCUT2D eigenvalue weighted by atomic mass is 35.5. The number of halogens is 4. The van der Waals surface area contributed by atoms with Crippen molar-refractivity contribution in [2.75, 3.05) is 28.6 Å². The minimum atomic E-state index is -4.54. The Bertz CT molecular complexity index is 1500. The molecule has 0 atom stereocenters. The average Bonchev–Trinajstić information content (AvgIpc) is 2.89. The van der Waals surface area contributed by atoms with Gasteiger partial charge in [-0.3, -0.25) is 0 Å². The van der Waals surface area contributed by atoms with Crippen LogP contribution in [0.25, 0.3) is 10.9 Å². The molecule has 1 aliphatic heterocycles. The number of nitrogens with zero attached hydrogens (tertiary/aromatic N) is 4. The molecule has 3 N–H and O–H groups in total. The van der Waals surface area contributed by atoms with Crippen LogP contribution >= 0.6 is 12.4 Å². The van der Waals surface area contributed by atoms with E-state index in [0.29, 0.717) is 11.7 Å². The number of alkyl halides is 3. The predicted octanol–water partition coefficient (Wildman–Crippen LogP) is 7.62. The molecule has 1 saturated heterocycles. The number of nitrogens with one attached hydrogen (secondary N) is 3. The van der Waals surface area contributed by atoms with Gasteiger partial charge in [-0.15, -0.1) is 12.4 Å². The van der Waals surface area contributed by atoms with Crippen molar-refractivity contribution in [2.45, 2.75) is 58.3 Å². The summed E-state index contributed by atoms with van der Waals surface area (Å²) in [4.78, 5) is 14.9. The summed E-state index contributed by atoms with van der Waals surface area (Å²) in [5.41, 5.74) is 3.49. The van der Waals surface area contributed by atoms with Gasteiger partial charge in [0.1, 0.15) is 11.5 Å². The molecule has 5 rings (SSSR count). The Morgan fingerprint density at radius 1 is 0.878 bits per heavy atom. The van der Waals surface area contributed by atoms with Crippen molar-refractivity contribution in [3.63, 3.8) is 0 Å². The van der Waals surface area contributed by atoms with Gasteiger partial charge in [-0.2, -0.15) is 13.2 Å². The summed E-state index contributed by atoms with van der Waals surface area (Å²) in [5, 5.41) is 11.2. The topological polar surface area (TPSA) is 78.0 Å². The maximum atomic E-state index is 13.1. The lowest BCUT2D eigenvalue weighted by Crippen LogP contribution is -2.49. The third-order valence-corrected chi connectivity index (χ3v) is 6.88. The summed E-state index contributed by atoms with van der Waals surface area (Å²) in [6.07, 6.45) is -1.34. The molecule has 0 amide bonds. The van der Waals surface area contributed by atoms with E-state index in [1.165, 1.54) is 5.69 Å². The standard InChI is InChI=1S/C30H34F3N7.ClH/c1-19-26(40-16-13-20(14-17-40)39-29(2,3)4)23-10-5-6-11-24(23)37-27(19)35-21-8-7-9-22(18-21)36-28-34-15-12-25(38-28)30(31,32)33;/h5-12,15,18,20,39H,13-14,16-17H2,1-4H3,(H,35,37)(H,34,36,38);1H. The largest absolute Gasteiger partial charge is 0.433 e. The molecular weight excluding hydrogens is 551 g/mol. The van der Waals surface area contributed by atoms with Gasteiger partial charge in [0.15, 0.2) is 0 Å². The average molecular weight is 586 g/mol. The van der Waals surface area contributed by atoms with Gasteiger partial charge in [-0.05, 0) is 70.9 Å². The van der Waals surface area contributed by atoms with Gasteiger partial charge in [0.2, 0.25) is 5.95 Å². The van der Waals surface area contributed by atoms with Gasteiger partial charge in [0, 0.05) is 53.2 Å². The van der Waals surface area contributed by atoms with Gasteiger partial charge in [-0.25, -0.2) is 15.0 Å². The van der Waals surface area contributed by atoms with Gasteiger partial charge < -0.3 is 20.9 Å². The number of rotatable bonds is 6. The van der Waals surface area contributed by atoms with Crippen molar-refractivity contribution < 1.29 is 13.2 Å². The van der Waals surface area contributed by atoms with Gasteiger partial charge in [0.05, 0.1) is 11.2 Å². The Morgan fingerprint density at radius 3 is 2.24 bits per heavy atom. The second kappa shape index (κ2) is 12.1. The van der Waals surface area contributed by atoms with Crippen LogP contribution < -0.4 is 20.9 Å². The zero-order chi connectivity index (χ0) is 28.5. The molecule has 2 aromatic heterocycles. The molecule has 0 radical (unpaired) electrons. The molecule has 2 aromatic carbocycles. The number of anilines is 5. The number of piperidine rings is 1. The van der Waals surface area contributed by atoms with Crippen molar-refractivity contribution in [1.82, 2.24) is 20.3 Å². The molecule has 0 aliphatic carbocycles. The molecule has 218 valence electrons. The van der Waals surface area contributed by atoms with Crippen LogP contribution in [0.3, 0.4) is 0 Å². The Kier molecular flexibility index (Phi) is 8.94. The lowest BCUT2D eigenvalue weighted by molar-refractivity contribution is -0.141. The number of hydrogen-bond donors (Lipinski definition) is 3. The van der Waals surface area contributed by atoms with E-state index in [9.17, 15) is 13.2 Å². The van der Waals surface area contributed by atoms with Crippen molar-refractivity contribution in [1.29, 1.82) is 0 Å². The van der Waals surface area contributed by atoms with Crippen molar-refractivity contribution in [2.24, 2.45) is 0 Å². The fourth-order valence-electron chi connectivity index (χ4n) is 5.20. The smallest absolute Gasteiger partial charge is 0.371 e. The van der Waals surface area contributed by atoms with Gasteiger partial charge >= 0.3 is 6.18 Å². The predicted molar refractivity (Wildman–Crippen MR) is 162 cm³/mol. The number of benzene rings is 2. The highest BCUT2D eigenvalue weighted by Gasteiger charge is 2.33. The van der Waals surface area contributed by atoms with E-state index in [4.69, 9.17) is 4.98 Å². The van der Waals surface area contributed by atoms with Crippen molar-refractivity contribution >= 4 is 52.1 Å². The zero-order valence-corrected chi connectivity index (χ0v) is 24.3. The quantitative estimate of drug-likeness (QED) is 0.215. The molecule has 0 saturated carbocycles. The first-order valence-corrected chi connectivity index (χ1v) is 13.4. The van der Waals surface area contributed by atoms with Crippen LogP contribution in [-0.4, -0.2) is 39.6 Å². The fraction of sp³-hybridized carbons (Fsp3) is 0.367. The minimum absolute atomic E-state index is 0. The maximum Gasteiger partial charge on any atom is 0.433 e. The van der Waals surface area contributed by atoms with Crippen molar-refractivity contribution in [3.05, 3.63) is 72.1 Å². The third kappa shape index (κ3) is 7.37. The van der Waals surface area contributed by atoms with Crippen LogP contribution in [0.15, 0.2) is 60.8 Å². The molecular formula is C30H35ClF3N7. The molecule has 11 heteroatoms. The normalized spacial score (nSPS) is 14.6. The van der Waals surface area contributed by atoms with Crippen LogP contribution in [0.4, 0.5) is 42.0 Å². The zero-order valence-electron chi connectivity index (χ0n) is 23.5. The van der Waals surface area contributed by atoms with E-state index in [-0.39, 0.29) is 23.9 Å². The summed E-state index contributed by atoms with van der Waals surface area (Å²) in [7, 11) is 0. The number of hydrogen-bond acceptors (Lipinski definition) is 7. The fourth-order valence-corrected chi connectivity index (χ4v) is 5.20. The highest BCUT2D eigenvalue weighted by molar-refractivity contribution is 5.96. The molecule has 3 heterocycles. The number of fused-ring (bicyclic) bond motifs is 1. The SMILES string of the molecule is Cc1c(Nc2cccc(Nc3nccc(C(F)(F)F)n3)c2)nc2ccccc2c1N1CCC(NC(C)(C)C)CC1.Cl. The molecule has 0 unspecified atom stereocenters. The minimum Gasteiger partial charge on any atom is -0.371 e. The van der Waals surface area contributed by atoms with Gasteiger partial charge in [-0.1, -0.05) is 24.3 Å². The summed E-state index contributed by atoms with van der Waals surface area (Å²) in [6.45, 7) is 10.6. The first-order chi connectivity index (χ1) is 19.0. The molecule has 0 bridgehead atoms. The summed E-state index contributed by atoms with van der Waals surface area (Å²) < 4.78 is 39.2. The second-order valence-electron chi connectivity index (χ2n) is 11.2. The van der Waals surface area contributed by atoms with Crippen LogP contribution in [-0.2, 0) is 6.18 Å². The van der Waals surface area contributed by atoms with Crippen LogP contribution in [0.1, 0.15) is 44.9 Å². The van der Waals surface area contributed by atoms with Gasteiger partial charge in [0.25, 0.3) is 0 Å². The van der Waals surface area contributed by atoms with E-state index in [2.05, 4.69) is 64.6 Å². The monoisotopic (exact) mass is 585 g/mol. The Hall–Kier alpha value is -3.63. The molecule has 1 aliphatic rings.